The van der Waals surface area contributed by atoms with Crippen LogP contribution in [0.15, 0.2) is 23.0 Å². The van der Waals surface area contributed by atoms with Gasteiger partial charge in [-0.2, -0.15) is 0 Å². The van der Waals surface area contributed by atoms with Crippen LogP contribution in [0, 0.1) is 0 Å². The van der Waals surface area contributed by atoms with Crippen LogP contribution in [0.5, 0.6) is 0 Å². The van der Waals surface area contributed by atoms with Crippen LogP contribution in [0.2, 0.25) is 5.28 Å². The number of nitrogens with one attached hydrogen (secondary N) is 1. The van der Waals surface area contributed by atoms with Gasteiger partial charge < -0.3 is 0 Å². The molecule has 0 unspecified atom stereocenters. The topological polar surface area (TPSA) is 45.8 Å². The highest BCUT2D eigenvalue weighted by Gasteiger charge is 2.05. The van der Waals surface area contributed by atoms with Crippen molar-refractivity contribution in [2.24, 2.45) is 0 Å². The first kappa shape index (κ1) is 10.2. The highest BCUT2D eigenvalue weighted by atomic mass is 35.5. The molecule has 0 amide bonds. The molecule has 1 aromatic carbocycles. The van der Waals surface area contributed by atoms with E-state index >= 15 is 0 Å². The SMILES string of the molecule is CC(C)c1ccc2nc(Cl)[nH]c(=O)c2c1. The smallest absolute Gasteiger partial charge is 0.259 e. The van der Waals surface area contributed by atoms with Gasteiger partial charge in [0.25, 0.3) is 5.56 Å². The summed E-state index contributed by atoms with van der Waals surface area (Å²) in [4.78, 5) is 18.1. The molecule has 15 heavy (non-hydrogen) atoms. The molecule has 0 aliphatic rings. The molecule has 0 aliphatic carbocycles. The molecule has 0 saturated heterocycles. The molecule has 1 N–H and O–H groups in total. The van der Waals surface area contributed by atoms with E-state index in [0.717, 1.165) is 5.56 Å². The highest BCUT2D eigenvalue weighted by Crippen LogP contribution is 2.18. The minimum atomic E-state index is -0.187. The van der Waals surface area contributed by atoms with Gasteiger partial charge in [0.1, 0.15) is 0 Å². The summed E-state index contributed by atoms with van der Waals surface area (Å²) in [6.07, 6.45) is 0. The summed E-state index contributed by atoms with van der Waals surface area (Å²) in [6, 6.07) is 5.66. The third-order valence-electron chi connectivity index (χ3n) is 2.37. The second kappa shape index (κ2) is 3.66. The lowest BCUT2D eigenvalue weighted by molar-refractivity contribution is 0.868. The van der Waals surface area contributed by atoms with Gasteiger partial charge in [-0.15, -0.1) is 0 Å². The normalized spacial score (nSPS) is 11.2. The summed E-state index contributed by atoms with van der Waals surface area (Å²) in [6.45, 7) is 4.16. The lowest BCUT2D eigenvalue weighted by Crippen LogP contribution is -2.08. The molecule has 2 rings (SSSR count). The molecule has 78 valence electrons. The Morgan fingerprint density at radius 3 is 2.80 bits per heavy atom. The number of hydrogen-bond acceptors (Lipinski definition) is 2. The summed E-state index contributed by atoms with van der Waals surface area (Å²) in [5.74, 6) is 0.393. The Labute approximate surface area is 92.1 Å². The minimum absolute atomic E-state index is 0.129. The molecule has 1 aromatic heterocycles. The van der Waals surface area contributed by atoms with E-state index in [0.29, 0.717) is 16.8 Å². The van der Waals surface area contributed by atoms with Crippen molar-refractivity contribution in [2.45, 2.75) is 19.8 Å². The summed E-state index contributed by atoms with van der Waals surface area (Å²) in [5, 5.41) is 0.718. The van der Waals surface area contributed by atoms with Crippen LogP contribution in [-0.4, -0.2) is 9.97 Å². The maximum absolute atomic E-state index is 11.6. The molecule has 0 saturated carbocycles. The quantitative estimate of drug-likeness (QED) is 0.754. The summed E-state index contributed by atoms with van der Waals surface area (Å²) in [5.41, 5.74) is 1.57. The third-order valence-corrected chi connectivity index (χ3v) is 2.55. The molecular weight excluding hydrogens is 212 g/mol. The van der Waals surface area contributed by atoms with E-state index in [2.05, 4.69) is 23.8 Å². The molecule has 1 heterocycles. The molecule has 0 bridgehead atoms. The number of hydrogen-bond donors (Lipinski definition) is 1. The first-order valence-corrected chi connectivity index (χ1v) is 5.15. The zero-order valence-electron chi connectivity index (χ0n) is 8.54. The Hall–Kier alpha value is -1.35. The van der Waals surface area contributed by atoms with Crippen molar-refractivity contribution in [2.75, 3.05) is 0 Å². The molecule has 2 aromatic rings. The molecular formula is C11H11ClN2O. The number of H-pyrrole nitrogens is 1. The number of benzene rings is 1. The van der Waals surface area contributed by atoms with Gasteiger partial charge in [-0.3, -0.25) is 9.78 Å². The van der Waals surface area contributed by atoms with Crippen LogP contribution in [0.4, 0.5) is 0 Å². The zero-order valence-corrected chi connectivity index (χ0v) is 9.30. The molecule has 0 spiro atoms. The molecule has 4 heteroatoms. The van der Waals surface area contributed by atoms with Crippen molar-refractivity contribution in [1.29, 1.82) is 0 Å². The summed E-state index contributed by atoms with van der Waals surface area (Å²) < 4.78 is 0. The second-order valence-corrected chi connectivity index (χ2v) is 4.15. The Morgan fingerprint density at radius 1 is 1.40 bits per heavy atom. The highest BCUT2D eigenvalue weighted by molar-refractivity contribution is 6.28. The van der Waals surface area contributed by atoms with Gasteiger partial charge in [-0.05, 0) is 35.2 Å². The first-order chi connectivity index (χ1) is 7.08. The van der Waals surface area contributed by atoms with Gasteiger partial charge in [0, 0.05) is 0 Å². The van der Waals surface area contributed by atoms with Crippen molar-refractivity contribution < 1.29 is 0 Å². The maximum atomic E-state index is 11.6. The molecule has 0 radical (unpaired) electrons. The van der Waals surface area contributed by atoms with Gasteiger partial charge in [-0.25, -0.2) is 4.98 Å². The number of fused-ring (bicyclic) bond motifs is 1. The van der Waals surface area contributed by atoms with Crippen LogP contribution < -0.4 is 5.56 Å². The van der Waals surface area contributed by atoms with Crippen molar-refractivity contribution in [1.82, 2.24) is 9.97 Å². The number of rotatable bonds is 1. The van der Waals surface area contributed by atoms with Crippen molar-refractivity contribution >= 4 is 22.5 Å². The number of aromatic nitrogens is 2. The van der Waals surface area contributed by atoms with Crippen LogP contribution in [0.3, 0.4) is 0 Å². The van der Waals surface area contributed by atoms with Crippen molar-refractivity contribution in [3.8, 4) is 0 Å². The van der Waals surface area contributed by atoms with E-state index in [4.69, 9.17) is 11.6 Å². The predicted molar refractivity (Wildman–Crippen MR) is 61.5 cm³/mol. The van der Waals surface area contributed by atoms with E-state index in [-0.39, 0.29) is 10.8 Å². The van der Waals surface area contributed by atoms with Crippen LogP contribution >= 0.6 is 11.6 Å². The van der Waals surface area contributed by atoms with E-state index in [1.165, 1.54) is 0 Å². The van der Waals surface area contributed by atoms with Crippen LogP contribution in [0.1, 0.15) is 25.3 Å². The Morgan fingerprint density at radius 2 is 2.13 bits per heavy atom. The van der Waals surface area contributed by atoms with Crippen LogP contribution in [0.25, 0.3) is 10.9 Å². The fourth-order valence-corrected chi connectivity index (χ4v) is 1.66. The predicted octanol–water partition coefficient (Wildman–Crippen LogP) is 2.70. The maximum Gasteiger partial charge on any atom is 0.259 e. The molecule has 0 atom stereocenters. The van der Waals surface area contributed by atoms with Crippen molar-refractivity contribution in [3.63, 3.8) is 0 Å². The Balaban J connectivity index is 2.77. The molecule has 0 fully saturated rings. The lowest BCUT2D eigenvalue weighted by Gasteiger charge is -2.05. The Kier molecular flexibility index (Phi) is 2.49. The van der Waals surface area contributed by atoms with Gasteiger partial charge >= 0.3 is 0 Å². The fourth-order valence-electron chi connectivity index (χ4n) is 1.49. The van der Waals surface area contributed by atoms with E-state index in [1.807, 2.05) is 18.2 Å². The molecule has 0 aliphatic heterocycles. The fraction of sp³-hybridized carbons (Fsp3) is 0.273. The summed E-state index contributed by atoms with van der Waals surface area (Å²) >= 11 is 5.66. The standard InChI is InChI=1S/C11H11ClN2O/c1-6(2)7-3-4-9-8(5-7)10(15)14-11(12)13-9/h3-6H,1-2H3,(H,13,14,15). The number of halogens is 1. The zero-order chi connectivity index (χ0) is 11.0. The van der Waals surface area contributed by atoms with Gasteiger partial charge in [0.05, 0.1) is 10.9 Å². The van der Waals surface area contributed by atoms with Crippen LogP contribution in [-0.2, 0) is 0 Å². The third kappa shape index (κ3) is 1.88. The first-order valence-electron chi connectivity index (χ1n) is 4.77. The van der Waals surface area contributed by atoms with Gasteiger partial charge in [0.2, 0.25) is 5.28 Å². The van der Waals surface area contributed by atoms with E-state index < -0.39 is 0 Å². The monoisotopic (exact) mass is 222 g/mol. The minimum Gasteiger partial charge on any atom is -0.297 e. The summed E-state index contributed by atoms with van der Waals surface area (Å²) in [7, 11) is 0. The average Bonchev–Trinajstić information content (AvgIpc) is 2.16. The van der Waals surface area contributed by atoms with E-state index in [1.54, 1.807) is 0 Å². The number of nitrogens with zero attached hydrogens (tertiary/aromatic N) is 1. The second-order valence-electron chi connectivity index (χ2n) is 3.79. The largest absolute Gasteiger partial charge is 0.297 e. The van der Waals surface area contributed by atoms with E-state index in [9.17, 15) is 4.79 Å². The Bertz CT molecular complexity index is 560. The number of aromatic amines is 1. The van der Waals surface area contributed by atoms with Crippen molar-refractivity contribution in [3.05, 3.63) is 39.4 Å². The average molecular weight is 223 g/mol. The van der Waals surface area contributed by atoms with Gasteiger partial charge in [0.15, 0.2) is 0 Å². The lowest BCUT2D eigenvalue weighted by atomic mass is 10.0. The van der Waals surface area contributed by atoms with Gasteiger partial charge in [-0.1, -0.05) is 19.9 Å². The molecule has 3 nitrogen and oxygen atoms in total.